The molecule has 0 aliphatic rings. The van der Waals surface area contributed by atoms with Crippen LogP contribution in [0.1, 0.15) is 45.1 Å². The van der Waals surface area contributed by atoms with Gasteiger partial charge in [0.2, 0.25) is 0 Å². The fraction of sp³-hybridized carbons (Fsp3) is 0.500. The number of methoxy groups -OCH3 is 1. The molecule has 1 aromatic carbocycles. The zero-order chi connectivity index (χ0) is 16.1. The Morgan fingerprint density at radius 2 is 2.09 bits per heavy atom. The van der Waals surface area contributed by atoms with Gasteiger partial charge >= 0.3 is 0 Å². The van der Waals surface area contributed by atoms with E-state index in [9.17, 15) is 0 Å². The molecular weight excluding hydrogens is 274 g/mol. The van der Waals surface area contributed by atoms with Crippen LogP contribution in [0.5, 0.6) is 5.75 Å². The zero-order valence-electron chi connectivity index (χ0n) is 14.0. The molecule has 1 unspecified atom stereocenters. The number of pyridine rings is 1. The lowest BCUT2D eigenvalue weighted by atomic mass is 9.96. The lowest BCUT2D eigenvalue weighted by Gasteiger charge is -2.18. The van der Waals surface area contributed by atoms with E-state index >= 15 is 0 Å². The quantitative estimate of drug-likeness (QED) is 0.761. The summed E-state index contributed by atoms with van der Waals surface area (Å²) in [5.74, 6) is 1.30. The van der Waals surface area contributed by atoms with Crippen LogP contribution >= 0.6 is 0 Å². The van der Waals surface area contributed by atoms with Crippen LogP contribution in [0.25, 0.3) is 10.9 Å². The van der Waals surface area contributed by atoms with Crippen LogP contribution in [0.15, 0.2) is 24.4 Å². The lowest BCUT2D eigenvalue weighted by molar-refractivity contribution is 0.408. The molecule has 2 aromatic rings. The highest BCUT2D eigenvalue weighted by Gasteiger charge is 2.15. The van der Waals surface area contributed by atoms with E-state index in [2.05, 4.69) is 36.3 Å². The molecule has 0 bridgehead atoms. The highest BCUT2D eigenvalue weighted by molar-refractivity contribution is 5.95. The topological polar surface area (TPSA) is 60.2 Å². The van der Waals surface area contributed by atoms with E-state index in [4.69, 9.17) is 10.5 Å². The van der Waals surface area contributed by atoms with Gasteiger partial charge in [0.15, 0.2) is 0 Å². The van der Waals surface area contributed by atoms with Gasteiger partial charge in [-0.05, 0) is 31.7 Å². The Morgan fingerprint density at radius 1 is 1.32 bits per heavy atom. The number of rotatable bonds is 7. The van der Waals surface area contributed by atoms with Crippen molar-refractivity contribution in [2.75, 3.05) is 19.0 Å². The number of hydrogen-bond acceptors (Lipinski definition) is 4. The molecular formula is C18H27N3O. The third kappa shape index (κ3) is 3.69. The molecule has 4 nitrogen and oxygen atoms in total. The van der Waals surface area contributed by atoms with Crippen molar-refractivity contribution in [3.05, 3.63) is 30.0 Å². The van der Waals surface area contributed by atoms with Crippen molar-refractivity contribution in [2.45, 2.75) is 45.6 Å². The van der Waals surface area contributed by atoms with E-state index in [0.717, 1.165) is 41.7 Å². The highest BCUT2D eigenvalue weighted by Crippen LogP contribution is 2.37. The van der Waals surface area contributed by atoms with Gasteiger partial charge in [0.05, 0.1) is 18.3 Å². The molecule has 1 aromatic heterocycles. The Bertz CT molecular complexity index is 623. The third-order valence-electron chi connectivity index (χ3n) is 3.84. The molecule has 0 aliphatic carbocycles. The smallest absolute Gasteiger partial charge is 0.125 e. The second-order valence-electron chi connectivity index (χ2n) is 6.14. The van der Waals surface area contributed by atoms with Crippen LogP contribution in [-0.2, 0) is 0 Å². The van der Waals surface area contributed by atoms with Crippen LogP contribution in [0.3, 0.4) is 0 Å². The van der Waals surface area contributed by atoms with Gasteiger partial charge in [-0.2, -0.15) is 0 Å². The van der Waals surface area contributed by atoms with Crippen LogP contribution in [0, 0.1) is 0 Å². The van der Waals surface area contributed by atoms with Gasteiger partial charge in [-0.15, -0.1) is 0 Å². The van der Waals surface area contributed by atoms with Crippen molar-refractivity contribution in [1.82, 2.24) is 4.98 Å². The fourth-order valence-corrected chi connectivity index (χ4v) is 2.79. The highest BCUT2D eigenvalue weighted by atomic mass is 16.5. The van der Waals surface area contributed by atoms with Crippen molar-refractivity contribution in [2.24, 2.45) is 5.73 Å². The molecule has 0 amide bonds. The van der Waals surface area contributed by atoms with Gasteiger partial charge in [-0.25, -0.2) is 0 Å². The molecule has 4 heteroatoms. The molecule has 0 saturated carbocycles. The lowest BCUT2D eigenvalue weighted by Crippen LogP contribution is -2.16. The molecule has 1 atom stereocenters. The summed E-state index contributed by atoms with van der Waals surface area (Å²) in [5.41, 5.74) is 9.05. The van der Waals surface area contributed by atoms with E-state index in [-0.39, 0.29) is 6.04 Å². The number of aromatic nitrogens is 1. The van der Waals surface area contributed by atoms with Crippen molar-refractivity contribution in [3.63, 3.8) is 0 Å². The van der Waals surface area contributed by atoms with E-state index in [1.54, 1.807) is 7.11 Å². The number of ether oxygens (including phenoxy) is 1. The number of anilines is 1. The average Bonchev–Trinajstić information content (AvgIpc) is 2.50. The number of fused-ring (bicyclic) bond motifs is 1. The minimum absolute atomic E-state index is 0.245. The monoisotopic (exact) mass is 301 g/mol. The maximum atomic E-state index is 5.80. The first-order valence-electron chi connectivity index (χ1n) is 7.99. The zero-order valence-corrected chi connectivity index (χ0v) is 14.0. The average molecular weight is 301 g/mol. The second-order valence-corrected chi connectivity index (χ2v) is 6.14. The van der Waals surface area contributed by atoms with E-state index in [0.29, 0.717) is 5.92 Å². The minimum atomic E-state index is 0.245. The summed E-state index contributed by atoms with van der Waals surface area (Å²) < 4.78 is 5.61. The maximum Gasteiger partial charge on any atom is 0.125 e. The van der Waals surface area contributed by atoms with E-state index in [1.165, 1.54) is 5.56 Å². The minimum Gasteiger partial charge on any atom is -0.496 e. The molecule has 120 valence electrons. The van der Waals surface area contributed by atoms with Crippen molar-refractivity contribution in [3.8, 4) is 5.75 Å². The Morgan fingerprint density at radius 3 is 2.73 bits per heavy atom. The van der Waals surface area contributed by atoms with Gasteiger partial charge < -0.3 is 15.8 Å². The summed E-state index contributed by atoms with van der Waals surface area (Å²) in [6, 6.07) is 6.41. The molecule has 0 spiro atoms. The maximum absolute atomic E-state index is 5.80. The molecule has 1 heterocycles. The normalized spacial score (nSPS) is 12.6. The van der Waals surface area contributed by atoms with E-state index < -0.39 is 0 Å². The van der Waals surface area contributed by atoms with Crippen molar-refractivity contribution < 1.29 is 4.74 Å². The first-order valence-corrected chi connectivity index (χ1v) is 7.99. The summed E-state index contributed by atoms with van der Waals surface area (Å²) in [6.45, 7) is 7.29. The second kappa shape index (κ2) is 7.45. The summed E-state index contributed by atoms with van der Waals surface area (Å²) in [7, 11) is 1.73. The Labute approximate surface area is 133 Å². The number of hydrogen-bond donors (Lipinski definition) is 2. The van der Waals surface area contributed by atoms with Crippen molar-refractivity contribution in [1.29, 1.82) is 0 Å². The van der Waals surface area contributed by atoms with Gasteiger partial charge in [0.1, 0.15) is 5.75 Å². The number of nitrogens with two attached hydrogens (primary N) is 1. The first-order chi connectivity index (χ1) is 10.5. The SMILES string of the molecule is COc1cc(NCCCC(C)N)c2ncccc2c1C(C)C. The molecule has 22 heavy (non-hydrogen) atoms. The van der Waals surface area contributed by atoms with Gasteiger partial charge in [0, 0.05) is 35.8 Å². The summed E-state index contributed by atoms with van der Waals surface area (Å²) in [4.78, 5) is 4.57. The summed E-state index contributed by atoms with van der Waals surface area (Å²) in [5, 5.41) is 4.64. The fourth-order valence-electron chi connectivity index (χ4n) is 2.79. The number of nitrogens with one attached hydrogen (secondary N) is 1. The molecule has 0 saturated heterocycles. The Balaban J connectivity index is 2.36. The number of benzene rings is 1. The molecule has 0 radical (unpaired) electrons. The third-order valence-corrected chi connectivity index (χ3v) is 3.84. The van der Waals surface area contributed by atoms with Gasteiger partial charge in [-0.3, -0.25) is 4.98 Å². The molecule has 3 N–H and O–H groups in total. The van der Waals surface area contributed by atoms with E-state index in [1.807, 2.05) is 19.2 Å². The van der Waals surface area contributed by atoms with Crippen molar-refractivity contribution >= 4 is 16.6 Å². The summed E-state index contributed by atoms with van der Waals surface area (Å²) >= 11 is 0. The van der Waals surface area contributed by atoms with Gasteiger partial charge in [0.25, 0.3) is 0 Å². The van der Waals surface area contributed by atoms with Crippen LogP contribution in [0.2, 0.25) is 0 Å². The largest absolute Gasteiger partial charge is 0.496 e. The molecule has 0 aliphatic heterocycles. The van der Waals surface area contributed by atoms with Gasteiger partial charge in [-0.1, -0.05) is 19.9 Å². The number of nitrogens with zero attached hydrogens (tertiary/aromatic N) is 1. The predicted molar refractivity (Wildman–Crippen MR) is 93.8 cm³/mol. The summed E-state index contributed by atoms with van der Waals surface area (Å²) in [6.07, 6.45) is 3.89. The Hall–Kier alpha value is -1.81. The Kier molecular flexibility index (Phi) is 5.61. The molecule has 0 fully saturated rings. The first kappa shape index (κ1) is 16.6. The predicted octanol–water partition coefficient (Wildman–Crippen LogP) is 3.91. The van der Waals surface area contributed by atoms with Crippen LogP contribution < -0.4 is 15.8 Å². The van der Waals surface area contributed by atoms with Crippen LogP contribution in [0.4, 0.5) is 5.69 Å². The van der Waals surface area contributed by atoms with Crippen LogP contribution in [-0.4, -0.2) is 24.7 Å². The molecule has 2 rings (SSSR count). The standard InChI is InChI=1S/C18H27N3O/c1-12(2)17-14-8-6-10-21-18(14)15(11-16(17)22-4)20-9-5-7-13(3)19/h6,8,10-13,20H,5,7,9,19H2,1-4H3.